The summed E-state index contributed by atoms with van der Waals surface area (Å²) in [6, 6.07) is 17.4. The standard InChI is InChI=1S/2C6H6O.Si/c2*7-6-4-2-1-3-5-6;/h2*1-5,7H;. The van der Waals surface area contributed by atoms with Crippen LogP contribution in [0.5, 0.6) is 11.5 Å². The molecule has 2 rings (SSSR count). The Kier molecular flexibility index (Phi) is 6.75. The maximum absolute atomic E-state index is 8.63. The molecule has 0 bridgehead atoms. The summed E-state index contributed by atoms with van der Waals surface area (Å²) in [5.41, 5.74) is 0. The Bertz CT molecular complexity index is 311. The van der Waals surface area contributed by atoms with Gasteiger partial charge in [-0.1, -0.05) is 36.4 Å². The third-order valence-corrected chi connectivity index (χ3v) is 1.51. The van der Waals surface area contributed by atoms with Gasteiger partial charge in [-0.25, -0.2) is 0 Å². The molecule has 3 heteroatoms. The van der Waals surface area contributed by atoms with E-state index in [0.717, 1.165) is 0 Å². The van der Waals surface area contributed by atoms with E-state index in [1.54, 1.807) is 48.5 Å². The topological polar surface area (TPSA) is 40.5 Å². The van der Waals surface area contributed by atoms with Crippen LogP contribution in [0.2, 0.25) is 0 Å². The average molecular weight is 216 g/mol. The largest absolute Gasteiger partial charge is 0.508 e. The van der Waals surface area contributed by atoms with Crippen LogP contribution in [-0.4, -0.2) is 21.2 Å². The van der Waals surface area contributed by atoms with Crippen molar-refractivity contribution in [3.63, 3.8) is 0 Å². The van der Waals surface area contributed by atoms with Gasteiger partial charge in [-0.05, 0) is 24.3 Å². The van der Waals surface area contributed by atoms with Gasteiger partial charge in [0, 0.05) is 11.0 Å². The van der Waals surface area contributed by atoms with Gasteiger partial charge in [-0.15, -0.1) is 0 Å². The molecule has 0 atom stereocenters. The van der Waals surface area contributed by atoms with Crippen molar-refractivity contribution >= 4 is 11.0 Å². The zero-order valence-electron chi connectivity index (χ0n) is 8.17. The lowest BCUT2D eigenvalue weighted by Gasteiger charge is -1.82. The highest BCUT2D eigenvalue weighted by Crippen LogP contribution is 2.03. The molecule has 0 aliphatic heterocycles. The van der Waals surface area contributed by atoms with E-state index < -0.39 is 0 Å². The van der Waals surface area contributed by atoms with Crippen molar-refractivity contribution < 1.29 is 10.2 Å². The molecule has 0 unspecified atom stereocenters. The van der Waals surface area contributed by atoms with Gasteiger partial charge in [0.15, 0.2) is 0 Å². The molecule has 76 valence electrons. The van der Waals surface area contributed by atoms with Crippen LogP contribution in [0, 0.1) is 0 Å². The minimum absolute atomic E-state index is 0. The first-order chi connectivity index (χ1) is 6.79. The van der Waals surface area contributed by atoms with Gasteiger partial charge in [0.25, 0.3) is 0 Å². The number of hydrogen-bond acceptors (Lipinski definition) is 2. The van der Waals surface area contributed by atoms with Gasteiger partial charge in [0.2, 0.25) is 0 Å². The fourth-order valence-electron chi connectivity index (χ4n) is 0.856. The Labute approximate surface area is 93.9 Å². The maximum Gasteiger partial charge on any atom is 0.115 e. The van der Waals surface area contributed by atoms with Crippen molar-refractivity contribution in [3.8, 4) is 11.5 Å². The second-order valence-corrected chi connectivity index (χ2v) is 2.67. The first-order valence-corrected chi connectivity index (χ1v) is 4.27. The third-order valence-electron chi connectivity index (χ3n) is 1.51. The lowest BCUT2D eigenvalue weighted by atomic mass is 10.3. The lowest BCUT2D eigenvalue weighted by molar-refractivity contribution is 0.475. The van der Waals surface area contributed by atoms with Crippen LogP contribution < -0.4 is 0 Å². The second-order valence-electron chi connectivity index (χ2n) is 2.67. The predicted octanol–water partition coefficient (Wildman–Crippen LogP) is 2.40. The van der Waals surface area contributed by atoms with Crippen molar-refractivity contribution in [2.75, 3.05) is 0 Å². The van der Waals surface area contributed by atoms with E-state index in [1.807, 2.05) is 12.1 Å². The highest BCUT2D eigenvalue weighted by atomic mass is 28.1. The molecule has 0 aliphatic rings. The monoisotopic (exact) mass is 216 g/mol. The van der Waals surface area contributed by atoms with Crippen molar-refractivity contribution in [2.45, 2.75) is 0 Å². The smallest absolute Gasteiger partial charge is 0.115 e. The van der Waals surface area contributed by atoms with Crippen LogP contribution in [-0.2, 0) is 0 Å². The van der Waals surface area contributed by atoms with Crippen LogP contribution in [0.25, 0.3) is 0 Å². The fraction of sp³-hybridized carbons (Fsp3) is 0. The summed E-state index contributed by atoms with van der Waals surface area (Å²) in [6.07, 6.45) is 0. The van der Waals surface area contributed by atoms with Gasteiger partial charge >= 0.3 is 0 Å². The van der Waals surface area contributed by atoms with E-state index >= 15 is 0 Å². The zero-order valence-corrected chi connectivity index (χ0v) is 9.17. The third kappa shape index (κ3) is 6.34. The van der Waals surface area contributed by atoms with Crippen molar-refractivity contribution in [1.82, 2.24) is 0 Å². The molecule has 2 N–H and O–H groups in total. The molecule has 0 spiro atoms. The highest BCUT2D eigenvalue weighted by Gasteiger charge is 1.75. The Morgan fingerprint density at radius 2 is 0.800 bits per heavy atom. The molecule has 2 aromatic rings. The van der Waals surface area contributed by atoms with Gasteiger partial charge in [-0.3, -0.25) is 0 Å². The second kappa shape index (κ2) is 7.64. The van der Waals surface area contributed by atoms with E-state index in [2.05, 4.69) is 0 Å². The zero-order chi connectivity index (χ0) is 10.2. The normalized spacial score (nSPS) is 8.00. The molecule has 2 aromatic carbocycles. The summed E-state index contributed by atoms with van der Waals surface area (Å²) in [4.78, 5) is 0. The summed E-state index contributed by atoms with van der Waals surface area (Å²) < 4.78 is 0. The van der Waals surface area contributed by atoms with Crippen molar-refractivity contribution in [2.24, 2.45) is 0 Å². The molecule has 15 heavy (non-hydrogen) atoms. The Balaban J connectivity index is 0.000000245. The number of rotatable bonds is 0. The molecular formula is C12H12O2Si. The van der Waals surface area contributed by atoms with Crippen molar-refractivity contribution in [1.29, 1.82) is 0 Å². The highest BCUT2D eigenvalue weighted by molar-refractivity contribution is 5.75. The SMILES string of the molecule is Oc1ccccc1.Oc1ccccc1.[Si]. The van der Waals surface area contributed by atoms with Crippen LogP contribution in [0.1, 0.15) is 0 Å². The molecule has 0 aliphatic carbocycles. The van der Waals surface area contributed by atoms with E-state index in [1.165, 1.54) is 0 Å². The number of para-hydroxylation sites is 2. The Morgan fingerprint density at radius 1 is 0.533 bits per heavy atom. The van der Waals surface area contributed by atoms with Crippen LogP contribution in [0.3, 0.4) is 0 Å². The van der Waals surface area contributed by atoms with E-state index in [4.69, 9.17) is 10.2 Å². The quantitative estimate of drug-likeness (QED) is 0.664. The summed E-state index contributed by atoms with van der Waals surface area (Å²) in [6.45, 7) is 0. The van der Waals surface area contributed by atoms with Gasteiger partial charge in [-0.2, -0.15) is 0 Å². The maximum atomic E-state index is 8.63. The number of aromatic hydroxyl groups is 2. The van der Waals surface area contributed by atoms with Crippen LogP contribution >= 0.6 is 0 Å². The molecule has 0 amide bonds. The Morgan fingerprint density at radius 3 is 0.933 bits per heavy atom. The Hall–Kier alpha value is -1.74. The number of phenols is 2. The van der Waals surface area contributed by atoms with E-state index in [9.17, 15) is 0 Å². The molecule has 2 nitrogen and oxygen atoms in total. The molecule has 0 saturated heterocycles. The summed E-state index contributed by atoms with van der Waals surface area (Å²) >= 11 is 0. The first-order valence-electron chi connectivity index (χ1n) is 4.27. The molecule has 0 fully saturated rings. The summed E-state index contributed by atoms with van der Waals surface area (Å²) in [7, 11) is 0. The molecular weight excluding hydrogens is 204 g/mol. The first kappa shape index (κ1) is 13.3. The molecule has 0 aromatic heterocycles. The summed E-state index contributed by atoms with van der Waals surface area (Å²) in [5.74, 6) is 0.644. The van der Waals surface area contributed by atoms with Crippen LogP contribution in [0.4, 0.5) is 0 Å². The number of phenolic OH excluding ortho intramolecular Hbond substituents is 2. The minimum atomic E-state index is 0. The average Bonchev–Trinajstić information content (AvgIpc) is 2.21. The van der Waals surface area contributed by atoms with Gasteiger partial charge < -0.3 is 10.2 Å². The summed E-state index contributed by atoms with van der Waals surface area (Å²) in [5, 5.41) is 17.3. The minimum Gasteiger partial charge on any atom is -0.508 e. The predicted molar refractivity (Wildman–Crippen MR) is 62.0 cm³/mol. The van der Waals surface area contributed by atoms with Crippen molar-refractivity contribution in [3.05, 3.63) is 60.7 Å². The van der Waals surface area contributed by atoms with Gasteiger partial charge in [0.05, 0.1) is 0 Å². The molecule has 0 heterocycles. The van der Waals surface area contributed by atoms with Gasteiger partial charge in [0.1, 0.15) is 11.5 Å². The lowest BCUT2D eigenvalue weighted by Crippen LogP contribution is -1.56. The fourth-order valence-corrected chi connectivity index (χ4v) is 0.856. The number of hydrogen-bond donors (Lipinski definition) is 2. The molecule has 4 radical (unpaired) electrons. The van der Waals surface area contributed by atoms with E-state index in [-0.39, 0.29) is 11.0 Å². The number of benzene rings is 2. The van der Waals surface area contributed by atoms with Crippen LogP contribution in [0.15, 0.2) is 60.7 Å². The van der Waals surface area contributed by atoms with E-state index in [0.29, 0.717) is 11.5 Å². The molecule has 0 saturated carbocycles.